The van der Waals surface area contributed by atoms with Crippen molar-refractivity contribution in [1.82, 2.24) is 16.0 Å². The molecule has 1 saturated carbocycles. The molecule has 0 bridgehead atoms. The summed E-state index contributed by atoms with van der Waals surface area (Å²) in [5.41, 5.74) is 0. The Morgan fingerprint density at radius 1 is 1.24 bits per heavy atom. The maximum atomic E-state index is 12.1. The molecule has 17 heavy (non-hydrogen) atoms. The van der Waals surface area contributed by atoms with Crippen molar-refractivity contribution in [3.05, 3.63) is 0 Å². The fourth-order valence-corrected chi connectivity index (χ4v) is 3.00. The van der Waals surface area contributed by atoms with Crippen molar-refractivity contribution in [1.29, 1.82) is 0 Å². The normalized spacial score (nSPS) is 38.7. The van der Waals surface area contributed by atoms with Gasteiger partial charge in [-0.2, -0.15) is 0 Å². The smallest absolute Gasteiger partial charge is 0.238 e. The van der Waals surface area contributed by atoms with E-state index in [4.69, 9.17) is 0 Å². The molecular weight excluding hydrogens is 214 g/mol. The van der Waals surface area contributed by atoms with E-state index in [9.17, 15) is 4.79 Å². The second-order valence-electron chi connectivity index (χ2n) is 5.72. The van der Waals surface area contributed by atoms with Crippen molar-refractivity contribution in [2.24, 2.45) is 11.8 Å². The first-order valence-corrected chi connectivity index (χ1v) is 6.91. The molecular formula is C13H25N3O. The highest BCUT2D eigenvalue weighted by molar-refractivity contribution is 5.82. The van der Waals surface area contributed by atoms with Gasteiger partial charge in [-0.3, -0.25) is 4.79 Å². The van der Waals surface area contributed by atoms with Crippen molar-refractivity contribution >= 4 is 5.91 Å². The highest BCUT2D eigenvalue weighted by Gasteiger charge is 2.29. The van der Waals surface area contributed by atoms with Crippen LogP contribution in [0, 0.1) is 11.8 Å². The number of amides is 1. The first-order chi connectivity index (χ1) is 8.16. The van der Waals surface area contributed by atoms with Crippen molar-refractivity contribution in [3.63, 3.8) is 0 Å². The molecule has 3 N–H and O–H groups in total. The van der Waals surface area contributed by atoms with Gasteiger partial charge in [0.05, 0.1) is 6.04 Å². The minimum atomic E-state index is -0.0460. The molecule has 0 aromatic carbocycles. The summed E-state index contributed by atoms with van der Waals surface area (Å²) >= 11 is 0. The van der Waals surface area contributed by atoms with E-state index in [0.717, 1.165) is 32.0 Å². The zero-order chi connectivity index (χ0) is 12.3. The van der Waals surface area contributed by atoms with Gasteiger partial charge in [-0.05, 0) is 31.1 Å². The van der Waals surface area contributed by atoms with Crippen LogP contribution in [0.15, 0.2) is 0 Å². The first-order valence-electron chi connectivity index (χ1n) is 6.91. The largest absolute Gasteiger partial charge is 0.352 e. The summed E-state index contributed by atoms with van der Waals surface area (Å²) in [5, 5.41) is 9.72. The number of carbonyl (C=O) groups excluding carboxylic acids is 1. The lowest BCUT2D eigenvalue weighted by atomic mass is 9.80. The zero-order valence-electron chi connectivity index (χ0n) is 11.0. The average Bonchev–Trinajstić information content (AvgIpc) is 2.34. The van der Waals surface area contributed by atoms with Gasteiger partial charge in [0.2, 0.25) is 5.91 Å². The number of nitrogens with one attached hydrogen (secondary N) is 3. The Hall–Kier alpha value is -0.610. The second-order valence-corrected chi connectivity index (χ2v) is 5.72. The maximum Gasteiger partial charge on any atom is 0.238 e. The van der Waals surface area contributed by atoms with Crippen LogP contribution in [0.4, 0.5) is 0 Å². The monoisotopic (exact) mass is 239 g/mol. The first kappa shape index (κ1) is 12.8. The molecule has 2 fully saturated rings. The highest BCUT2D eigenvalue weighted by atomic mass is 16.2. The zero-order valence-corrected chi connectivity index (χ0v) is 11.0. The maximum absolute atomic E-state index is 12.1. The van der Waals surface area contributed by atoms with Crippen LogP contribution in [0.3, 0.4) is 0 Å². The Balaban J connectivity index is 1.81. The third-order valence-electron chi connectivity index (χ3n) is 4.12. The van der Waals surface area contributed by atoms with Gasteiger partial charge in [0.25, 0.3) is 0 Å². The molecule has 1 heterocycles. The second kappa shape index (κ2) is 5.83. The predicted octanol–water partition coefficient (Wildman–Crippen LogP) is 0.489. The Bertz CT molecular complexity index is 263. The molecule has 4 unspecified atom stereocenters. The number of piperazine rings is 1. The van der Waals surface area contributed by atoms with Crippen molar-refractivity contribution in [2.75, 3.05) is 19.6 Å². The molecule has 98 valence electrons. The fraction of sp³-hybridized carbons (Fsp3) is 0.923. The number of rotatable bonds is 2. The minimum absolute atomic E-state index is 0.0460. The summed E-state index contributed by atoms with van der Waals surface area (Å²) in [6.45, 7) is 7.16. The van der Waals surface area contributed by atoms with E-state index in [0.29, 0.717) is 12.0 Å². The SMILES string of the molecule is CC1CCC(NC(=O)C2CNCCN2)C(C)C1. The van der Waals surface area contributed by atoms with Gasteiger partial charge >= 0.3 is 0 Å². The van der Waals surface area contributed by atoms with Crippen LogP contribution in [-0.2, 0) is 4.79 Å². The Morgan fingerprint density at radius 2 is 2.06 bits per heavy atom. The summed E-state index contributed by atoms with van der Waals surface area (Å²) in [6.07, 6.45) is 3.61. The van der Waals surface area contributed by atoms with Gasteiger partial charge < -0.3 is 16.0 Å². The third-order valence-corrected chi connectivity index (χ3v) is 4.12. The summed E-state index contributed by atoms with van der Waals surface area (Å²) < 4.78 is 0. The van der Waals surface area contributed by atoms with Gasteiger partial charge in [0.1, 0.15) is 0 Å². The third kappa shape index (κ3) is 3.42. The van der Waals surface area contributed by atoms with Gasteiger partial charge in [0.15, 0.2) is 0 Å². The fourth-order valence-electron chi connectivity index (χ4n) is 3.00. The molecule has 1 amide bonds. The van der Waals surface area contributed by atoms with Crippen LogP contribution in [0.25, 0.3) is 0 Å². The molecule has 4 atom stereocenters. The lowest BCUT2D eigenvalue weighted by molar-refractivity contribution is -0.124. The summed E-state index contributed by atoms with van der Waals surface area (Å²) in [7, 11) is 0. The topological polar surface area (TPSA) is 53.2 Å². The summed E-state index contributed by atoms with van der Waals surface area (Å²) in [5.74, 6) is 1.59. The van der Waals surface area contributed by atoms with E-state index in [-0.39, 0.29) is 11.9 Å². The van der Waals surface area contributed by atoms with E-state index in [1.54, 1.807) is 0 Å². The Labute approximate surface area is 104 Å². The van der Waals surface area contributed by atoms with Crippen molar-refractivity contribution in [3.8, 4) is 0 Å². The number of carbonyl (C=O) groups is 1. The molecule has 2 rings (SSSR count). The molecule has 0 aromatic heterocycles. The van der Waals surface area contributed by atoms with E-state index in [1.165, 1.54) is 12.8 Å². The van der Waals surface area contributed by atoms with E-state index in [1.807, 2.05) is 0 Å². The highest BCUT2D eigenvalue weighted by Crippen LogP contribution is 2.28. The molecule has 1 aliphatic heterocycles. The Morgan fingerprint density at radius 3 is 2.71 bits per heavy atom. The molecule has 0 aromatic rings. The average molecular weight is 239 g/mol. The van der Waals surface area contributed by atoms with Gasteiger partial charge in [0, 0.05) is 25.7 Å². The molecule has 0 spiro atoms. The molecule has 4 nitrogen and oxygen atoms in total. The van der Waals surface area contributed by atoms with Crippen molar-refractivity contribution < 1.29 is 4.79 Å². The lowest BCUT2D eigenvalue weighted by Crippen LogP contribution is -2.58. The van der Waals surface area contributed by atoms with Crippen LogP contribution in [0.1, 0.15) is 33.1 Å². The van der Waals surface area contributed by atoms with Crippen molar-refractivity contribution in [2.45, 2.75) is 45.2 Å². The molecule has 0 radical (unpaired) electrons. The van der Waals surface area contributed by atoms with Gasteiger partial charge in [-0.15, -0.1) is 0 Å². The van der Waals surface area contributed by atoms with Crippen LogP contribution >= 0.6 is 0 Å². The molecule has 4 heteroatoms. The molecule has 1 aliphatic carbocycles. The predicted molar refractivity (Wildman–Crippen MR) is 68.8 cm³/mol. The molecule has 2 aliphatic rings. The minimum Gasteiger partial charge on any atom is -0.352 e. The lowest BCUT2D eigenvalue weighted by Gasteiger charge is -2.34. The van der Waals surface area contributed by atoms with Crippen LogP contribution in [0.5, 0.6) is 0 Å². The van der Waals surface area contributed by atoms with Crippen LogP contribution in [0.2, 0.25) is 0 Å². The van der Waals surface area contributed by atoms with E-state index >= 15 is 0 Å². The Kier molecular flexibility index (Phi) is 4.40. The standard InChI is InChI=1S/C13H25N3O/c1-9-3-4-11(10(2)7-9)16-13(17)12-8-14-5-6-15-12/h9-12,14-15H,3-8H2,1-2H3,(H,16,17). The summed E-state index contributed by atoms with van der Waals surface area (Å²) in [6, 6.07) is 0.331. The van der Waals surface area contributed by atoms with Crippen LogP contribution in [-0.4, -0.2) is 37.6 Å². The molecule has 1 saturated heterocycles. The van der Waals surface area contributed by atoms with Gasteiger partial charge in [-0.25, -0.2) is 0 Å². The number of hydrogen-bond donors (Lipinski definition) is 3. The van der Waals surface area contributed by atoms with E-state index in [2.05, 4.69) is 29.8 Å². The van der Waals surface area contributed by atoms with E-state index < -0.39 is 0 Å². The quantitative estimate of drug-likeness (QED) is 0.657. The number of hydrogen-bond acceptors (Lipinski definition) is 3. The van der Waals surface area contributed by atoms with Gasteiger partial charge in [-0.1, -0.05) is 13.8 Å². The summed E-state index contributed by atoms with van der Waals surface area (Å²) in [4.78, 5) is 12.1. The van der Waals surface area contributed by atoms with Crippen LogP contribution < -0.4 is 16.0 Å².